The Morgan fingerprint density at radius 1 is 1.00 bits per heavy atom. The monoisotopic (exact) mass is 669 g/mol. The lowest BCUT2D eigenvalue weighted by atomic mass is 9.72. The number of hydrogen-bond donors (Lipinski definition) is 0. The molecule has 48 heavy (non-hydrogen) atoms. The third kappa shape index (κ3) is 6.86. The number of ether oxygens (including phenoxy) is 4. The van der Waals surface area contributed by atoms with Crippen molar-refractivity contribution in [3.05, 3.63) is 87.7 Å². The number of benzene rings is 3. The normalized spacial score (nSPS) is 19.3. The van der Waals surface area contributed by atoms with Gasteiger partial charge < -0.3 is 18.9 Å². The lowest BCUT2D eigenvalue weighted by molar-refractivity contribution is -0.137. The lowest BCUT2D eigenvalue weighted by Crippen LogP contribution is -2.35. The Balaban J connectivity index is 1.56. The van der Waals surface area contributed by atoms with E-state index < -0.39 is 41.8 Å². The first kappa shape index (κ1) is 34.8. The summed E-state index contributed by atoms with van der Waals surface area (Å²) < 4.78 is 78.1. The Hall–Kier alpha value is -4.54. The summed E-state index contributed by atoms with van der Waals surface area (Å²) in [5.74, 6) is -0.592. The van der Waals surface area contributed by atoms with Crippen molar-refractivity contribution in [2.45, 2.75) is 65.3 Å². The summed E-state index contributed by atoms with van der Waals surface area (Å²) in [5.41, 5.74) is 3.17. The number of hydrogen-bond acceptors (Lipinski definition) is 6. The van der Waals surface area contributed by atoms with Crippen LogP contribution in [0.25, 0.3) is 16.7 Å². The second-order valence-electron chi connectivity index (χ2n) is 13.2. The molecule has 1 aliphatic heterocycles. The number of cyclic esters (lactones) is 1. The zero-order chi connectivity index (χ0) is 35.1. The minimum atomic E-state index is -4.54. The highest BCUT2D eigenvalue weighted by Crippen LogP contribution is 2.47. The highest BCUT2D eigenvalue weighted by Gasteiger charge is 2.42. The third-order valence-electron chi connectivity index (χ3n) is 9.21. The van der Waals surface area contributed by atoms with Crippen molar-refractivity contribution < 1.29 is 46.1 Å². The van der Waals surface area contributed by atoms with Crippen molar-refractivity contribution in [1.29, 1.82) is 0 Å². The summed E-state index contributed by atoms with van der Waals surface area (Å²) in [4.78, 5) is 27.1. The van der Waals surface area contributed by atoms with Crippen molar-refractivity contribution in [1.82, 2.24) is 4.90 Å². The number of nitrogens with zero attached hydrogens (tertiary/aromatic N) is 1. The molecule has 2 atom stereocenters. The summed E-state index contributed by atoms with van der Waals surface area (Å²) in [6.07, 6.45) is -4.01. The molecule has 7 nitrogen and oxygen atoms in total. The van der Waals surface area contributed by atoms with Crippen LogP contribution in [0.3, 0.4) is 0 Å². The number of rotatable bonds is 8. The van der Waals surface area contributed by atoms with E-state index in [1.807, 2.05) is 0 Å². The van der Waals surface area contributed by atoms with E-state index in [-0.39, 0.29) is 34.4 Å². The topological polar surface area (TPSA) is 74.3 Å². The number of halogens is 4. The Labute approximate surface area is 277 Å². The van der Waals surface area contributed by atoms with Crippen molar-refractivity contribution in [2.24, 2.45) is 5.41 Å². The van der Waals surface area contributed by atoms with Crippen LogP contribution >= 0.6 is 0 Å². The van der Waals surface area contributed by atoms with Crippen molar-refractivity contribution in [3.63, 3.8) is 0 Å². The van der Waals surface area contributed by atoms with Gasteiger partial charge in [-0.15, -0.1) is 0 Å². The van der Waals surface area contributed by atoms with Gasteiger partial charge >= 0.3 is 18.2 Å². The Morgan fingerprint density at radius 2 is 1.71 bits per heavy atom. The van der Waals surface area contributed by atoms with Crippen molar-refractivity contribution in [2.75, 3.05) is 27.9 Å². The summed E-state index contributed by atoms with van der Waals surface area (Å²) in [6.45, 7) is 7.78. The van der Waals surface area contributed by atoms with Gasteiger partial charge in [0.05, 0.1) is 32.9 Å². The van der Waals surface area contributed by atoms with E-state index >= 15 is 4.39 Å². The molecule has 1 amide bonds. The Morgan fingerprint density at radius 3 is 2.35 bits per heavy atom. The molecule has 0 spiro atoms. The summed E-state index contributed by atoms with van der Waals surface area (Å²) >= 11 is 0. The van der Waals surface area contributed by atoms with Crippen LogP contribution in [0.15, 0.2) is 54.1 Å². The van der Waals surface area contributed by atoms with Gasteiger partial charge in [-0.1, -0.05) is 31.5 Å². The standard InChI is InChI=1S/C37H39F4NO6/c1-20-12-23(14-25(13-20)37(39,40)41)33-21(2)42(35(44)48-33)19-24-18-36(3,4)11-10-26(24)29-16-28(30(38)17-32(29)46-6)22-8-9-27(34(43)47-7)31(15-22)45-5/h8-9,12-17,21,33H,10-11,18-19H2,1-7H3/t21-,33-/m0/s1. The number of carbonyl (C=O) groups is 2. The SMILES string of the molecule is COC(=O)c1ccc(-c2cc(C3=C(CN4C(=O)O[C@H](c5cc(C)cc(C(F)(F)F)c5)[C@@H]4C)CC(C)(C)CC3)c(OC)cc2F)cc1OC. The van der Waals surface area contributed by atoms with Crippen LogP contribution < -0.4 is 9.47 Å². The first-order chi connectivity index (χ1) is 22.6. The van der Waals surface area contributed by atoms with Crippen LogP contribution in [0.2, 0.25) is 0 Å². The van der Waals surface area contributed by atoms with Gasteiger partial charge in [0.15, 0.2) is 0 Å². The minimum absolute atomic E-state index is 0.115. The molecule has 5 rings (SSSR count). The van der Waals surface area contributed by atoms with E-state index in [1.165, 1.54) is 33.5 Å². The van der Waals surface area contributed by atoms with E-state index in [1.54, 1.807) is 43.0 Å². The van der Waals surface area contributed by atoms with Crippen LogP contribution in [0.4, 0.5) is 22.4 Å². The van der Waals surface area contributed by atoms with E-state index in [4.69, 9.17) is 18.9 Å². The number of carbonyl (C=O) groups excluding carboxylic acids is 2. The summed E-state index contributed by atoms with van der Waals surface area (Å²) in [7, 11) is 4.13. The molecule has 3 aromatic rings. The van der Waals surface area contributed by atoms with E-state index in [0.717, 1.165) is 29.7 Å². The molecular weight excluding hydrogens is 630 g/mol. The molecule has 0 bridgehead atoms. The lowest BCUT2D eigenvalue weighted by Gasteiger charge is -2.36. The maximum Gasteiger partial charge on any atom is 0.416 e. The predicted octanol–water partition coefficient (Wildman–Crippen LogP) is 9.17. The molecule has 1 fully saturated rings. The second-order valence-corrected chi connectivity index (χ2v) is 13.2. The van der Waals surface area contributed by atoms with Gasteiger partial charge in [0.2, 0.25) is 0 Å². The molecular formula is C37H39F4NO6. The van der Waals surface area contributed by atoms with Gasteiger partial charge in [0.1, 0.15) is 29.0 Å². The Bertz CT molecular complexity index is 1780. The third-order valence-corrected chi connectivity index (χ3v) is 9.21. The van der Waals surface area contributed by atoms with Gasteiger partial charge in [-0.05, 0) is 91.1 Å². The van der Waals surface area contributed by atoms with Crippen molar-refractivity contribution in [3.8, 4) is 22.6 Å². The minimum Gasteiger partial charge on any atom is -0.496 e. The van der Waals surface area contributed by atoms with Crippen LogP contribution in [-0.4, -0.2) is 50.9 Å². The molecule has 0 aromatic heterocycles. The molecule has 0 N–H and O–H groups in total. The number of aryl methyl sites for hydroxylation is 1. The number of esters is 1. The van der Waals surface area contributed by atoms with Crippen molar-refractivity contribution >= 4 is 17.6 Å². The fourth-order valence-corrected chi connectivity index (χ4v) is 6.71. The summed E-state index contributed by atoms with van der Waals surface area (Å²) in [5, 5.41) is 0. The molecule has 3 aromatic carbocycles. The largest absolute Gasteiger partial charge is 0.496 e. The van der Waals surface area contributed by atoms with Crippen LogP contribution in [0, 0.1) is 18.2 Å². The van der Waals surface area contributed by atoms with E-state index in [0.29, 0.717) is 35.3 Å². The van der Waals surface area contributed by atoms with Crippen LogP contribution in [0.5, 0.6) is 11.5 Å². The first-order valence-corrected chi connectivity index (χ1v) is 15.6. The van der Waals surface area contributed by atoms with Gasteiger partial charge in [-0.3, -0.25) is 4.90 Å². The quantitative estimate of drug-likeness (QED) is 0.176. The molecule has 2 aliphatic rings. The van der Waals surface area contributed by atoms with Gasteiger partial charge in [0.25, 0.3) is 0 Å². The molecule has 1 aliphatic carbocycles. The van der Waals surface area contributed by atoms with Crippen LogP contribution in [-0.2, 0) is 15.7 Å². The van der Waals surface area contributed by atoms with E-state index in [9.17, 15) is 22.8 Å². The maximum atomic E-state index is 15.6. The van der Waals surface area contributed by atoms with Gasteiger partial charge in [0, 0.05) is 23.7 Å². The number of methoxy groups -OCH3 is 3. The molecule has 1 heterocycles. The molecule has 0 radical (unpaired) electrons. The fourth-order valence-electron chi connectivity index (χ4n) is 6.71. The molecule has 256 valence electrons. The zero-order valence-electron chi connectivity index (χ0n) is 28.0. The second kappa shape index (κ2) is 13.2. The number of alkyl halides is 3. The maximum absolute atomic E-state index is 15.6. The van der Waals surface area contributed by atoms with Gasteiger partial charge in [-0.2, -0.15) is 13.2 Å². The molecule has 0 unspecified atom stereocenters. The Kier molecular flexibility index (Phi) is 9.54. The summed E-state index contributed by atoms with van der Waals surface area (Å²) in [6, 6.07) is 10.9. The zero-order valence-corrected chi connectivity index (χ0v) is 28.0. The first-order valence-electron chi connectivity index (χ1n) is 15.6. The van der Waals surface area contributed by atoms with E-state index in [2.05, 4.69) is 13.8 Å². The number of amides is 1. The molecule has 1 saturated heterocycles. The molecule has 0 saturated carbocycles. The molecule has 11 heteroatoms. The average Bonchev–Trinajstić information content (AvgIpc) is 3.31. The van der Waals surface area contributed by atoms with Crippen LogP contribution in [0.1, 0.15) is 78.7 Å². The highest BCUT2D eigenvalue weighted by atomic mass is 19.4. The predicted molar refractivity (Wildman–Crippen MR) is 172 cm³/mol. The average molecular weight is 670 g/mol. The smallest absolute Gasteiger partial charge is 0.416 e. The number of allylic oxidation sites excluding steroid dienone is 1. The highest BCUT2D eigenvalue weighted by molar-refractivity contribution is 5.93. The fraction of sp³-hybridized carbons (Fsp3) is 0.405. The van der Waals surface area contributed by atoms with Gasteiger partial charge in [-0.25, -0.2) is 14.0 Å².